The Kier molecular flexibility index (Phi) is 72.6. The van der Waals surface area contributed by atoms with Gasteiger partial charge in [0.15, 0.2) is 12.2 Å². The first-order valence-electron chi connectivity index (χ1n) is 39.7. The molecule has 0 aliphatic rings. The van der Waals surface area contributed by atoms with Crippen LogP contribution in [0.4, 0.5) is 0 Å². The van der Waals surface area contributed by atoms with Crippen molar-refractivity contribution in [3.05, 3.63) is 0 Å². The third-order valence-corrected chi connectivity index (χ3v) is 18.8. The van der Waals surface area contributed by atoms with Gasteiger partial charge >= 0.3 is 32.1 Å². The van der Waals surface area contributed by atoms with Crippen molar-refractivity contribution >= 4 is 32.1 Å². The lowest BCUT2D eigenvalue weighted by atomic mass is 10.0. The van der Waals surface area contributed by atoms with Gasteiger partial charge in [-0.25, -0.2) is 0 Å². The molecule has 0 aromatic rings. The number of hydrogen-bond acceptors (Lipinski definition) is 11. The normalized spacial score (nSPS) is 12.1. The Hall–Kier alpha value is -2.10. The molecule has 0 fully saturated rings. The molecule has 0 spiro atoms. The fourth-order valence-corrected chi connectivity index (χ4v) is 12.8. The summed E-state index contributed by atoms with van der Waals surface area (Å²) in [5.74, 6) is -1.56. The first-order chi connectivity index (χ1) is 44.2. The van der Waals surface area contributed by atoms with Gasteiger partial charge < -0.3 is 18.9 Å². The fourth-order valence-electron chi connectivity index (χ4n) is 12.1. The molecule has 11 nitrogen and oxygen atoms in total. The lowest BCUT2D eigenvalue weighted by Gasteiger charge is -2.17. The van der Waals surface area contributed by atoms with Crippen molar-refractivity contribution in [2.75, 3.05) is 26.4 Å². The van der Waals surface area contributed by atoms with Gasteiger partial charge in [-0.1, -0.05) is 387 Å². The summed E-state index contributed by atoms with van der Waals surface area (Å²) >= 11 is 0. The van der Waals surface area contributed by atoms with Crippen molar-refractivity contribution in [1.29, 1.82) is 0 Å². The van der Waals surface area contributed by atoms with Gasteiger partial charge in [-0.15, -0.1) is 9.05 Å². The molecule has 532 valence electrons. The maximum atomic E-state index is 13.3. The fraction of sp³-hybridized carbons (Fsp3) is 0.949. The highest BCUT2D eigenvalue weighted by Crippen LogP contribution is 2.26. The zero-order valence-corrected chi connectivity index (χ0v) is 61.1. The molecule has 0 aromatic carbocycles. The number of unbranched alkanes of at least 4 members (excludes halogenated alkanes) is 56. The summed E-state index contributed by atoms with van der Waals surface area (Å²) in [5, 5.41) is 0. The van der Waals surface area contributed by atoms with E-state index in [4.69, 9.17) is 28.0 Å². The minimum atomic E-state index is -2.77. The van der Waals surface area contributed by atoms with Crippen LogP contribution in [0.25, 0.3) is 0 Å². The quantitative estimate of drug-likeness (QED) is 0.0249. The van der Waals surface area contributed by atoms with Crippen LogP contribution in [0.3, 0.4) is 0 Å². The van der Waals surface area contributed by atoms with Crippen LogP contribution in [-0.2, 0) is 51.7 Å². The summed E-state index contributed by atoms with van der Waals surface area (Å²) in [5.41, 5.74) is 0. The molecule has 0 aromatic heterocycles. The third kappa shape index (κ3) is 70.2. The largest absolute Gasteiger partial charge is 0.697 e. The summed E-state index contributed by atoms with van der Waals surface area (Å²) in [4.78, 5) is 52.2. The highest BCUT2D eigenvalue weighted by molar-refractivity contribution is 7.33. The number of carbonyl (C=O) groups excluding carboxylic acids is 4. The summed E-state index contributed by atoms with van der Waals surface area (Å²) in [6.45, 7) is 7.99. The molecule has 0 bridgehead atoms. The zero-order valence-electron chi connectivity index (χ0n) is 60.2. The predicted molar refractivity (Wildman–Crippen MR) is 379 cm³/mol. The molecular weight excluding hydrogens is 1140 g/mol. The SMILES string of the molecule is CCCCCCCCCCCCCCCCCC(=O)OC[C@@H](CO[P+](=O)OC[C@H](COC(=O)CCCCCCCCCCCCCCCCC)OC(=O)CCCCCCCCCCCCCCCCC)OC(=O)CCCCCCCCCCCCCCCCC. The van der Waals surface area contributed by atoms with E-state index in [-0.39, 0.29) is 64.0 Å². The van der Waals surface area contributed by atoms with Gasteiger partial charge in [0.1, 0.15) is 26.4 Å². The summed E-state index contributed by atoms with van der Waals surface area (Å²) in [7, 11) is -2.77. The van der Waals surface area contributed by atoms with Gasteiger partial charge in [0.05, 0.1) is 0 Å². The summed E-state index contributed by atoms with van der Waals surface area (Å²) in [6.07, 6.45) is 73.2. The maximum absolute atomic E-state index is 13.3. The van der Waals surface area contributed by atoms with Crippen LogP contribution in [0, 0.1) is 0 Å². The highest BCUT2D eigenvalue weighted by Gasteiger charge is 2.30. The van der Waals surface area contributed by atoms with Crippen molar-refractivity contribution in [2.24, 2.45) is 0 Å². The van der Waals surface area contributed by atoms with Crippen molar-refractivity contribution in [1.82, 2.24) is 0 Å². The molecule has 0 rings (SSSR count). The van der Waals surface area contributed by atoms with Crippen LogP contribution < -0.4 is 0 Å². The molecule has 0 radical (unpaired) electrons. The Morgan fingerprint density at radius 1 is 0.222 bits per heavy atom. The van der Waals surface area contributed by atoms with Gasteiger partial charge in [0.25, 0.3) is 0 Å². The number of carbonyl (C=O) groups is 4. The molecule has 0 unspecified atom stereocenters. The van der Waals surface area contributed by atoms with E-state index in [0.717, 1.165) is 77.0 Å². The lowest BCUT2D eigenvalue weighted by molar-refractivity contribution is -0.161. The molecule has 0 saturated heterocycles. The highest BCUT2D eigenvalue weighted by atomic mass is 31.1. The number of esters is 4. The standard InChI is InChI=1S/C78H150O11P/c1-5-9-13-17-21-25-29-33-37-41-45-49-53-57-61-65-75(79)84-69-73(88-77(81)67-63-59-55-51-47-43-39-35-31-27-23-19-15-11-7-3)71-86-90(83)87-72-74(89-78(82)68-64-60-56-52-48-44-40-36-32-28-24-20-16-12-8-4)70-85-76(80)66-62-58-54-50-46-42-38-34-30-26-22-18-14-10-6-2/h73-74H,5-72H2,1-4H3/q+1/t73-,74-/m0/s1. The zero-order chi connectivity index (χ0) is 65.4. The van der Waals surface area contributed by atoms with Crippen LogP contribution in [0.15, 0.2) is 0 Å². The third-order valence-electron chi connectivity index (χ3n) is 18.1. The molecule has 0 aliphatic carbocycles. The van der Waals surface area contributed by atoms with E-state index in [1.807, 2.05) is 0 Å². The van der Waals surface area contributed by atoms with E-state index < -0.39 is 32.4 Å². The lowest BCUT2D eigenvalue weighted by Crippen LogP contribution is -2.30. The Morgan fingerprint density at radius 3 is 0.556 bits per heavy atom. The minimum Gasteiger partial charge on any atom is -0.462 e. The molecule has 0 saturated carbocycles. The second kappa shape index (κ2) is 74.3. The molecule has 12 heteroatoms. The van der Waals surface area contributed by atoms with Crippen LogP contribution in [-0.4, -0.2) is 62.5 Å². The number of hydrogen-bond donors (Lipinski definition) is 0. The van der Waals surface area contributed by atoms with Gasteiger partial charge in [-0.3, -0.25) is 19.2 Å². The van der Waals surface area contributed by atoms with E-state index in [0.29, 0.717) is 12.8 Å². The Labute approximate surface area is 558 Å². The topological polar surface area (TPSA) is 141 Å². The molecule has 90 heavy (non-hydrogen) atoms. The van der Waals surface area contributed by atoms with Crippen LogP contribution in [0.1, 0.15) is 439 Å². The predicted octanol–water partition coefficient (Wildman–Crippen LogP) is 25.6. The van der Waals surface area contributed by atoms with E-state index in [2.05, 4.69) is 27.7 Å². The van der Waals surface area contributed by atoms with Crippen molar-refractivity contribution in [3.63, 3.8) is 0 Å². The van der Waals surface area contributed by atoms with Crippen molar-refractivity contribution in [3.8, 4) is 0 Å². The van der Waals surface area contributed by atoms with Crippen molar-refractivity contribution < 1.29 is 51.7 Å². The second-order valence-electron chi connectivity index (χ2n) is 27.2. The first kappa shape index (κ1) is 87.9. The summed E-state index contributed by atoms with van der Waals surface area (Å²) < 4.78 is 47.3. The van der Waals surface area contributed by atoms with Crippen LogP contribution in [0.2, 0.25) is 0 Å². The van der Waals surface area contributed by atoms with E-state index in [1.54, 1.807) is 0 Å². The minimum absolute atomic E-state index is 0.222. The Balaban J connectivity index is 5.20. The Morgan fingerprint density at radius 2 is 0.378 bits per heavy atom. The first-order valence-corrected chi connectivity index (χ1v) is 40.8. The van der Waals surface area contributed by atoms with Gasteiger partial charge in [0, 0.05) is 30.2 Å². The smallest absolute Gasteiger partial charge is 0.462 e. The van der Waals surface area contributed by atoms with E-state index >= 15 is 0 Å². The second-order valence-corrected chi connectivity index (χ2v) is 28.2. The molecule has 0 N–H and O–H groups in total. The summed E-state index contributed by atoms with van der Waals surface area (Å²) in [6, 6.07) is 0. The van der Waals surface area contributed by atoms with Gasteiger partial charge in [-0.2, -0.15) is 0 Å². The monoisotopic (exact) mass is 1290 g/mol. The van der Waals surface area contributed by atoms with Gasteiger partial charge in [-0.05, 0) is 25.7 Å². The molecule has 2 atom stereocenters. The van der Waals surface area contributed by atoms with E-state index in [1.165, 1.54) is 295 Å². The number of rotatable bonds is 76. The van der Waals surface area contributed by atoms with Crippen molar-refractivity contribution in [2.45, 2.75) is 451 Å². The van der Waals surface area contributed by atoms with E-state index in [9.17, 15) is 23.7 Å². The number of ether oxygens (including phenoxy) is 4. The molecule has 0 amide bonds. The Bertz CT molecular complexity index is 1420. The molecule has 0 aliphatic heterocycles. The average Bonchev–Trinajstić information content (AvgIpc) is 3.76. The average molecular weight is 1300 g/mol. The molecular formula is C78H150O11P+. The van der Waals surface area contributed by atoms with Crippen LogP contribution >= 0.6 is 8.25 Å². The van der Waals surface area contributed by atoms with Gasteiger partial charge in [0.2, 0.25) is 0 Å². The maximum Gasteiger partial charge on any atom is 0.697 e. The molecule has 0 heterocycles. The van der Waals surface area contributed by atoms with Crippen LogP contribution in [0.5, 0.6) is 0 Å².